The highest BCUT2D eigenvalue weighted by Gasteiger charge is 2.49. The Hall–Kier alpha value is -1.88. The molecule has 1 aromatic heterocycles. The van der Waals surface area contributed by atoms with Crippen LogP contribution in [0.3, 0.4) is 0 Å². The van der Waals surface area contributed by atoms with E-state index in [2.05, 4.69) is 16.5 Å². The van der Waals surface area contributed by atoms with Crippen molar-refractivity contribution >= 4 is 23.5 Å². The van der Waals surface area contributed by atoms with Crippen LogP contribution < -0.4 is 10.5 Å². The van der Waals surface area contributed by atoms with Gasteiger partial charge in [0.15, 0.2) is 12.0 Å². The smallest absolute Gasteiger partial charge is 0.309 e. The van der Waals surface area contributed by atoms with Crippen molar-refractivity contribution < 1.29 is 24.5 Å². The van der Waals surface area contributed by atoms with Crippen LogP contribution in [0.1, 0.15) is 26.6 Å². The Balaban J connectivity index is 1.76. The van der Waals surface area contributed by atoms with Crippen molar-refractivity contribution in [1.82, 2.24) is 9.97 Å². The predicted octanol–water partition coefficient (Wildman–Crippen LogP) is 0.744. The SMILES string of the molecule is C=C1Sc2c(nc(C)[nH]c2=O)N1[C@@H]1O[C@H](COC(=O)[C@@H](C)C(C)C)[C@@H](O)[C@H]1O. The number of esters is 1. The molecular weight excluding hydrogens is 386 g/mol. The first-order chi connectivity index (χ1) is 13.1. The van der Waals surface area contributed by atoms with E-state index in [4.69, 9.17) is 9.47 Å². The number of hydrogen-bond donors (Lipinski definition) is 3. The number of nitrogens with zero attached hydrogens (tertiary/aromatic N) is 2. The lowest BCUT2D eigenvalue weighted by Gasteiger charge is -2.27. The Morgan fingerprint density at radius 2 is 2.07 bits per heavy atom. The molecule has 0 aromatic carbocycles. The zero-order valence-electron chi connectivity index (χ0n) is 16.2. The van der Waals surface area contributed by atoms with Gasteiger partial charge in [0.05, 0.1) is 10.9 Å². The van der Waals surface area contributed by atoms with E-state index in [0.29, 0.717) is 21.6 Å². The number of H-pyrrole nitrogens is 1. The largest absolute Gasteiger partial charge is 0.463 e. The lowest BCUT2D eigenvalue weighted by Crippen LogP contribution is -2.42. The molecule has 2 aliphatic heterocycles. The first-order valence-corrected chi connectivity index (χ1v) is 9.88. The van der Waals surface area contributed by atoms with E-state index < -0.39 is 24.5 Å². The summed E-state index contributed by atoms with van der Waals surface area (Å²) in [7, 11) is 0. The topological polar surface area (TPSA) is 125 Å². The molecule has 0 amide bonds. The summed E-state index contributed by atoms with van der Waals surface area (Å²) >= 11 is 1.12. The average molecular weight is 411 g/mol. The van der Waals surface area contributed by atoms with Crippen molar-refractivity contribution in [2.45, 2.75) is 57.1 Å². The highest BCUT2D eigenvalue weighted by Crippen LogP contribution is 2.45. The minimum absolute atomic E-state index is 0.120. The Morgan fingerprint density at radius 3 is 2.71 bits per heavy atom. The molecule has 0 saturated carbocycles. The van der Waals surface area contributed by atoms with Crippen molar-refractivity contribution in [3.05, 3.63) is 27.8 Å². The molecule has 0 unspecified atom stereocenters. The second-order valence-corrected chi connectivity index (χ2v) is 8.46. The van der Waals surface area contributed by atoms with Crippen molar-refractivity contribution in [1.29, 1.82) is 0 Å². The van der Waals surface area contributed by atoms with E-state index in [0.717, 1.165) is 11.8 Å². The summed E-state index contributed by atoms with van der Waals surface area (Å²) < 4.78 is 11.1. The normalized spacial score (nSPS) is 28.0. The van der Waals surface area contributed by atoms with E-state index in [1.807, 2.05) is 13.8 Å². The summed E-state index contributed by atoms with van der Waals surface area (Å²) in [5.74, 6) is 0.164. The van der Waals surface area contributed by atoms with E-state index >= 15 is 0 Å². The Kier molecular flexibility index (Phi) is 5.85. The molecule has 0 radical (unpaired) electrons. The number of aromatic nitrogens is 2. The third-order valence-electron chi connectivity index (χ3n) is 5.05. The number of carbonyl (C=O) groups excluding carboxylic acids is 1. The highest BCUT2D eigenvalue weighted by atomic mass is 32.2. The van der Waals surface area contributed by atoms with Gasteiger partial charge in [0, 0.05) is 0 Å². The van der Waals surface area contributed by atoms with Gasteiger partial charge in [-0.3, -0.25) is 14.5 Å². The number of aromatic amines is 1. The molecule has 3 heterocycles. The molecule has 28 heavy (non-hydrogen) atoms. The standard InChI is InChI=1S/C18H25N3O6S/c1-7(2)8(3)18(25)26-6-11-12(22)13(23)17(27-11)21-10(5)28-14-15(21)19-9(4)20-16(14)24/h7-8,11-13,17,22-23H,5-6H2,1-4H3,(H,19,20,24)/t8-,11+,12+,13+,17+/m0/s1. The fraction of sp³-hybridized carbons (Fsp3) is 0.611. The number of aliphatic hydroxyl groups excluding tert-OH is 2. The molecule has 0 aliphatic carbocycles. The summed E-state index contributed by atoms with van der Waals surface area (Å²) in [5.41, 5.74) is -0.308. The summed E-state index contributed by atoms with van der Waals surface area (Å²) in [6, 6.07) is 0. The maximum Gasteiger partial charge on any atom is 0.309 e. The highest BCUT2D eigenvalue weighted by molar-refractivity contribution is 8.03. The first-order valence-electron chi connectivity index (χ1n) is 9.07. The van der Waals surface area contributed by atoms with Gasteiger partial charge in [-0.05, 0) is 12.8 Å². The molecule has 1 fully saturated rings. The molecule has 3 rings (SSSR count). The number of thioether (sulfide) groups is 1. The maximum atomic E-state index is 12.1. The van der Waals surface area contributed by atoms with Gasteiger partial charge in [-0.25, -0.2) is 4.98 Å². The fourth-order valence-corrected chi connectivity index (χ4v) is 3.91. The van der Waals surface area contributed by atoms with Gasteiger partial charge >= 0.3 is 5.97 Å². The van der Waals surface area contributed by atoms with Crippen molar-refractivity contribution in [2.24, 2.45) is 11.8 Å². The van der Waals surface area contributed by atoms with Crippen LogP contribution in [-0.2, 0) is 14.3 Å². The van der Waals surface area contributed by atoms with Gasteiger partial charge in [0.1, 0.15) is 35.6 Å². The number of ether oxygens (including phenoxy) is 2. The van der Waals surface area contributed by atoms with Gasteiger partial charge in [0.2, 0.25) is 0 Å². The molecule has 0 bridgehead atoms. The number of hydrogen-bond acceptors (Lipinski definition) is 9. The lowest BCUT2D eigenvalue weighted by molar-refractivity contribution is -0.154. The third kappa shape index (κ3) is 3.69. The van der Waals surface area contributed by atoms with E-state index in [9.17, 15) is 19.8 Å². The van der Waals surface area contributed by atoms with Crippen molar-refractivity contribution in [3.63, 3.8) is 0 Å². The van der Waals surface area contributed by atoms with Gasteiger partial charge < -0.3 is 24.7 Å². The number of aliphatic hydroxyl groups is 2. The Morgan fingerprint density at radius 1 is 1.39 bits per heavy atom. The fourth-order valence-electron chi connectivity index (χ4n) is 3.01. The van der Waals surface area contributed by atoms with Crippen molar-refractivity contribution in [2.75, 3.05) is 11.5 Å². The van der Waals surface area contributed by atoms with Crippen LogP contribution in [0.5, 0.6) is 0 Å². The van der Waals surface area contributed by atoms with E-state index in [1.165, 1.54) is 4.90 Å². The molecule has 1 saturated heterocycles. The second-order valence-electron chi connectivity index (χ2n) is 7.38. The average Bonchev–Trinajstić information content (AvgIpc) is 3.09. The van der Waals surface area contributed by atoms with Gasteiger partial charge in [-0.15, -0.1) is 0 Å². The lowest BCUT2D eigenvalue weighted by atomic mass is 9.99. The second kappa shape index (κ2) is 7.86. The zero-order valence-corrected chi connectivity index (χ0v) is 17.0. The zero-order chi connectivity index (χ0) is 20.7. The number of rotatable bonds is 5. The summed E-state index contributed by atoms with van der Waals surface area (Å²) in [4.78, 5) is 33.0. The van der Waals surface area contributed by atoms with Crippen LogP contribution >= 0.6 is 11.8 Å². The number of aryl methyl sites for hydroxylation is 1. The number of anilines is 1. The molecular formula is C18H25N3O6S. The van der Waals surface area contributed by atoms with Gasteiger partial charge in [-0.2, -0.15) is 0 Å². The van der Waals surface area contributed by atoms with E-state index in [1.54, 1.807) is 13.8 Å². The van der Waals surface area contributed by atoms with E-state index in [-0.39, 0.29) is 30.0 Å². The van der Waals surface area contributed by atoms with Crippen LogP contribution in [0.25, 0.3) is 0 Å². The number of carbonyl (C=O) groups is 1. The monoisotopic (exact) mass is 411 g/mol. The molecule has 3 N–H and O–H groups in total. The van der Waals surface area contributed by atoms with Gasteiger partial charge in [-0.1, -0.05) is 39.1 Å². The van der Waals surface area contributed by atoms with Crippen LogP contribution in [0, 0.1) is 18.8 Å². The molecule has 1 aromatic rings. The maximum absolute atomic E-state index is 12.1. The molecule has 5 atom stereocenters. The van der Waals surface area contributed by atoms with Crippen LogP contribution in [0.15, 0.2) is 21.3 Å². The molecule has 154 valence electrons. The number of fused-ring (bicyclic) bond motifs is 1. The van der Waals surface area contributed by atoms with Crippen molar-refractivity contribution in [3.8, 4) is 0 Å². The first kappa shape index (κ1) is 20.8. The summed E-state index contributed by atoms with van der Waals surface area (Å²) in [6.45, 7) is 11.0. The molecule has 2 aliphatic rings. The quantitative estimate of drug-likeness (QED) is 0.602. The summed E-state index contributed by atoms with van der Waals surface area (Å²) in [5, 5.41) is 21.3. The van der Waals surface area contributed by atoms with Crippen LogP contribution in [0.2, 0.25) is 0 Å². The van der Waals surface area contributed by atoms with Crippen LogP contribution in [-0.4, -0.2) is 57.3 Å². The molecule has 10 heteroatoms. The minimum Gasteiger partial charge on any atom is -0.463 e. The summed E-state index contributed by atoms with van der Waals surface area (Å²) in [6.07, 6.45) is -4.47. The van der Waals surface area contributed by atoms with Gasteiger partial charge in [0.25, 0.3) is 5.56 Å². The minimum atomic E-state index is -1.30. The molecule has 0 spiro atoms. The third-order valence-corrected chi connectivity index (χ3v) is 6.05. The Labute approximate surface area is 166 Å². The van der Waals surface area contributed by atoms with Crippen LogP contribution in [0.4, 0.5) is 5.82 Å². The molecule has 9 nitrogen and oxygen atoms in total. The predicted molar refractivity (Wildman–Crippen MR) is 103 cm³/mol. The Bertz CT molecular complexity index is 841. The number of nitrogens with one attached hydrogen (secondary N) is 1.